The topological polar surface area (TPSA) is 135 Å². The van der Waals surface area contributed by atoms with Crippen LogP contribution in [0.4, 0.5) is 11.8 Å². The van der Waals surface area contributed by atoms with Crippen molar-refractivity contribution in [2.75, 3.05) is 10.6 Å². The molecule has 12 heteroatoms. The fourth-order valence-electron chi connectivity index (χ4n) is 5.50. The lowest BCUT2D eigenvalue weighted by atomic mass is 10.0. The lowest BCUT2D eigenvalue weighted by molar-refractivity contribution is -0.138. The maximum atomic E-state index is 13.6. The number of hydrogen-bond acceptors (Lipinski definition) is 8. The quantitative estimate of drug-likeness (QED) is 0.221. The number of hydrogen-bond donors (Lipinski definition) is 2. The van der Waals surface area contributed by atoms with Crippen LogP contribution in [0.5, 0.6) is 0 Å². The van der Waals surface area contributed by atoms with Gasteiger partial charge in [0.05, 0.1) is 5.52 Å². The maximum Gasteiger partial charge on any atom is 0.248 e. The third-order valence-corrected chi connectivity index (χ3v) is 7.87. The number of halogens is 1. The van der Waals surface area contributed by atoms with E-state index in [2.05, 4.69) is 46.6 Å². The molecule has 1 saturated carbocycles. The number of amides is 2. The third-order valence-electron chi connectivity index (χ3n) is 7.43. The van der Waals surface area contributed by atoms with Crippen molar-refractivity contribution in [2.45, 2.75) is 58.3 Å². The average Bonchev–Trinajstić information content (AvgIpc) is 3.44. The second-order valence-corrected chi connectivity index (χ2v) is 11.7. The molecule has 0 spiro atoms. The molecule has 6 rings (SSSR count). The molecule has 2 N–H and O–H groups in total. The summed E-state index contributed by atoms with van der Waals surface area (Å²) in [6, 6.07) is 10.6. The van der Waals surface area contributed by atoms with Crippen LogP contribution in [0.3, 0.4) is 0 Å². The molecule has 4 heterocycles. The van der Waals surface area contributed by atoms with Gasteiger partial charge in [-0.1, -0.05) is 12.1 Å². The van der Waals surface area contributed by atoms with Gasteiger partial charge in [-0.25, -0.2) is 15.0 Å². The Bertz CT molecular complexity index is 1670. The molecule has 1 aliphatic heterocycles. The largest absolute Gasteiger partial charge is 0.352 e. The highest BCUT2D eigenvalue weighted by Gasteiger charge is 2.56. The third kappa shape index (κ3) is 5.43. The van der Waals surface area contributed by atoms with Crippen molar-refractivity contribution in [3.05, 3.63) is 59.1 Å². The van der Waals surface area contributed by atoms with Gasteiger partial charge in [0.15, 0.2) is 5.78 Å². The van der Waals surface area contributed by atoms with Crippen LogP contribution in [-0.4, -0.2) is 65.4 Å². The molecule has 3 atom stereocenters. The summed E-state index contributed by atoms with van der Waals surface area (Å²) in [6.07, 6.45) is 4.97. The number of nitrogens with zero attached hydrogens (tertiary/aromatic N) is 6. The Morgan fingerprint density at radius 2 is 1.85 bits per heavy atom. The maximum absolute atomic E-state index is 13.6. The number of rotatable bonds is 8. The van der Waals surface area contributed by atoms with Gasteiger partial charge in [0, 0.05) is 42.4 Å². The number of aromatic nitrogens is 5. The van der Waals surface area contributed by atoms with Gasteiger partial charge < -0.3 is 15.5 Å². The Kier molecular flexibility index (Phi) is 7.02. The van der Waals surface area contributed by atoms with Crippen LogP contribution in [0.25, 0.3) is 22.0 Å². The van der Waals surface area contributed by atoms with Gasteiger partial charge >= 0.3 is 0 Å². The van der Waals surface area contributed by atoms with Gasteiger partial charge in [-0.15, -0.1) is 0 Å². The Balaban J connectivity index is 1.24. The fraction of sp³-hybridized carbons (Fsp3) is 0.345. The van der Waals surface area contributed by atoms with E-state index >= 15 is 0 Å². The SMILES string of the molecule is CC(=O)c1nn(CC(=O)N2[C@@H]3C[C@@H]3C[C@H]2C(=O)Nc2cccc(Br)n2)c2ccc(-c3cnc(NC(C)C)nc3)cc12. The smallest absolute Gasteiger partial charge is 0.248 e. The number of nitrogens with one attached hydrogen (secondary N) is 2. The summed E-state index contributed by atoms with van der Waals surface area (Å²) in [5.41, 5.74) is 2.58. The number of carbonyl (C=O) groups excluding carboxylic acids is 3. The van der Waals surface area contributed by atoms with Crippen LogP contribution in [0.2, 0.25) is 0 Å². The zero-order valence-corrected chi connectivity index (χ0v) is 24.4. The van der Waals surface area contributed by atoms with Crippen molar-refractivity contribution in [1.82, 2.24) is 29.6 Å². The zero-order valence-electron chi connectivity index (χ0n) is 22.8. The van der Waals surface area contributed by atoms with E-state index in [9.17, 15) is 14.4 Å². The molecule has 0 radical (unpaired) electrons. The van der Waals surface area contributed by atoms with Crippen molar-refractivity contribution < 1.29 is 14.4 Å². The lowest BCUT2D eigenvalue weighted by Crippen LogP contribution is -2.46. The first-order valence-electron chi connectivity index (χ1n) is 13.5. The van der Waals surface area contributed by atoms with E-state index in [-0.39, 0.29) is 41.9 Å². The number of pyridine rings is 1. The van der Waals surface area contributed by atoms with Crippen LogP contribution in [0.15, 0.2) is 53.4 Å². The van der Waals surface area contributed by atoms with E-state index < -0.39 is 6.04 Å². The average molecular weight is 618 g/mol. The Morgan fingerprint density at radius 1 is 1.07 bits per heavy atom. The molecule has 1 saturated heterocycles. The van der Waals surface area contributed by atoms with E-state index in [0.717, 1.165) is 17.5 Å². The molecule has 210 valence electrons. The fourth-order valence-corrected chi connectivity index (χ4v) is 5.84. The zero-order chi connectivity index (χ0) is 28.8. The van der Waals surface area contributed by atoms with Crippen LogP contribution in [-0.2, 0) is 16.1 Å². The van der Waals surface area contributed by atoms with Gasteiger partial charge in [0.1, 0.15) is 28.7 Å². The van der Waals surface area contributed by atoms with E-state index in [1.165, 1.54) is 6.92 Å². The van der Waals surface area contributed by atoms with Crippen molar-refractivity contribution in [3.63, 3.8) is 0 Å². The standard InChI is InChI=1S/C29H29BrN8O3/c1-15(2)33-29-31-12-19(13-32-29)17-7-8-21-20(9-17)27(16(3)39)36-37(21)14-26(40)38-22-10-18(22)11-23(38)28(41)35-25-6-4-5-24(30)34-25/h4-9,12-13,15,18,22-23H,10-11,14H2,1-3H3,(H,31,32,33)(H,34,35,41)/t18-,22-,23+/m1/s1. The molecule has 1 aliphatic carbocycles. The van der Waals surface area contributed by atoms with Gasteiger partial charge in [0.2, 0.25) is 17.8 Å². The first-order chi connectivity index (χ1) is 19.7. The molecule has 2 amide bonds. The highest BCUT2D eigenvalue weighted by atomic mass is 79.9. The van der Waals surface area contributed by atoms with Gasteiger partial charge in [0.25, 0.3) is 0 Å². The Hall–Kier alpha value is -4.19. The number of anilines is 2. The highest BCUT2D eigenvalue weighted by Crippen LogP contribution is 2.48. The lowest BCUT2D eigenvalue weighted by Gasteiger charge is -2.26. The van der Waals surface area contributed by atoms with E-state index in [1.807, 2.05) is 32.0 Å². The minimum Gasteiger partial charge on any atom is -0.352 e. The van der Waals surface area contributed by atoms with Gasteiger partial charge in [-0.05, 0) is 78.4 Å². The number of benzene rings is 1. The predicted molar refractivity (Wildman–Crippen MR) is 157 cm³/mol. The molecule has 0 bridgehead atoms. The van der Waals surface area contributed by atoms with Crippen LogP contribution >= 0.6 is 15.9 Å². The van der Waals surface area contributed by atoms with E-state index in [0.29, 0.717) is 39.6 Å². The molecule has 1 aromatic carbocycles. The van der Waals surface area contributed by atoms with Gasteiger partial charge in [-0.2, -0.15) is 5.10 Å². The predicted octanol–water partition coefficient (Wildman–Crippen LogP) is 4.30. The second kappa shape index (κ2) is 10.7. The van der Waals surface area contributed by atoms with E-state index in [4.69, 9.17) is 0 Å². The molecular formula is C29H29BrN8O3. The first kappa shape index (κ1) is 27.0. The Labute approximate surface area is 244 Å². The highest BCUT2D eigenvalue weighted by molar-refractivity contribution is 9.10. The summed E-state index contributed by atoms with van der Waals surface area (Å²) in [6.45, 7) is 5.41. The van der Waals surface area contributed by atoms with E-state index in [1.54, 1.807) is 40.2 Å². The molecule has 2 aliphatic rings. The van der Waals surface area contributed by atoms with Crippen LogP contribution < -0.4 is 10.6 Å². The normalized spacial score (nSPS) is 19.3. The molecule has 0 unspecified atom stereocenters. The summed E-state index contributed by atoms with van der Waals surface area (Å²) in [7, 11) is 0. The molecule has 2 fully saturated rings. The van der Waals surface area contributed by atoms with Crippen molar-refractivity contribution in [2.24, 2.45) is 5.92 Å². The number of carbonyl (C=O) groups is 3. The molecule has 41 heavy (non-hydrogen) atoms. The van der Waals surface area contributed by atoms with Crippen molar-refractivity contribution in [3.8, 4) is 11.1 Å². The number of Topliss-reactive ketones (excluding diaryl/α,β-unsaturated/α-hetero) is 1. The van der Waals surface area contributed by atoms with Gasteiger partial charge in [-0.3, -0.25) is 19.1 Å². The summed E-state index contributed by atoms with van der Waals surface area (Å²) < 4.78 is 2.17. The number of fused-ring (bicyclic) bond motifs is 2. The summed E-state index contributed by atoms with van der Waals surface area (Å²) in [4.78, 5) is 54.1. The number of ketones is 1. The number of piperidine rings is 1. The molecule has 11 nitrogen and oxygen atoms in total. The summed E-state index contributed by atoms with van der Waals surface area (Å²) in [5, 5.41) is 11.2. The second-order valence-electron chi connectivity index (χ2n) is 10.8. The minimum absolute atomic E-state index is 0.0441. The molecule has 4 aromatic rings. The molecule has 3 aromatic heterocycles. The molecular weight excluding hydrogens is 588 g/mol. The first-order valence-corrected chi connectivity index (χ1v) is 14.3. The van der Waals surface area contributed by atoms with Crippen LogP contribution in [0, 0.1) is 5.92 Å². The monoisotopic (exact) mass is 616 g/mol. The Morgan fingerprint density at radius 3 is 2.56 bits per heavy atom. The summed E-state index contributed by atoms with van der Waals surface area (Å²) in [5.74, 6) is 0.622. The number of likely N-dealkylation sites (tertiary alicyclic amines) is 1. The van der Waals surface area contributed by atoms with Crippen LogP contribution in [0.1, 0.15) is 44.1 Å². The summed E-state index contributed by atoms with van der Waals surface area (Å²) >= 11 is 3.31. The van der Waals surface area contributed by atoms with Crippen molar-refractivity contribution in [1.29, 1.82) is 0 Å². The van der Waals surface area contributed by atoms with Crippen molar-refractivity contribution >= 4 is 56.2 Å². The minimum atomic E-state index is -0.583.